The maximum atomic E-state index is 13.1. The molecule has 2 aliphatic carbocycles. The minimum absolute atomic E-state index is 0.00716. The molecule has 0 bridgehead atoms. The van der Waals surface area contributed by atoms with Crippen molar-refractivity contribution in [2.24, 2.45) is 17.3 Å². The second-order valence-electron chi connectivity index (χ2n) is 11.4. The molecule has 1 aliphatic heterocycles. The molecule has 5 atom stereocenters. The number of carbonyl (C=O) groups excluding carboxylic acids is 1. The zero-order valence-corrected chi connectivity index (χ0v) is 22.7. The number of nitrogens with zero attached hydrogens (tertiary/aromatic N) is 1. The lowest BCUT2D eigenvalue weighted by Crippen LogP contribution is -2.39. The maximum absolute atomic E-state index is 13.1. The first-order valence-corrected chi connectivity index (χ1v) is 13.8. The van der Waals surface area contributed by atoms with Gasteiger partial charge in [-0.1, -0.05) is 61.8 Å². The number of fused-ring (bicyclic) bond motifs is 1. The molecule has 8 heteroatoms. The van der Waals surface area contributed by atoms with E-state index in [-0.39, 0.29) is 18.4 Å². The van der Waals surface area contributed by atoms with E-state index in [0.717, 1.165) is 23.0 Å². The van der Waals surface area contributed by atoms with Crippen molar-refractivity contribution in [3.8, 4) is 11.5 Å². The van der Waals surface area contributed by atoms with Gasteiger partial charge in [-0.3, -0.25) is 4.79 Å². The van der Waals surface area contributed by atoms with E-state index in [0.29, 0.717) is 37.2 Å². The van der Waals surface area contributed by atoms with Crippen molar-refractivity contribution in [3.63, 3.8) is 0 Å². The van der Waals surface area contributed by atoms with Gasteiger partial charge in [-0.25, -0.2) is 5.43 Å². The van der Waals surface area contributed by atoms with Crippen molar-refractivity contribution in [3.05, 3.63) is 59.7 Å². The molecular formula is C30H41N3O5. The lowest BCUT2D eigenvalue weighted by molar-refractivity contribution is -0.136. The lowest BCUT2D eigenvalue weighted by Gasteiger charge is -2.33. The lowest BCUT2D eigenvalue weighted by atomic mass is 9.72. The number of nitrogens with one attached hydrogen (secondary N) is 2. The van der Waals surface area contributed by atoms with Gasteiger partial charge in [0.2, 0.25) is 5.91 Å². The summed E-state index contributed by atoms with van der Waals surface area (Å²) in [7, 11) is 1.62. The van der Waals surface area contributed by atoms with Crippen molar-refractivity contribution in [2.45, 2.75) is 64.2 Å². The summed E-state index contributed by atoms with van der Waals surface area (Å²) in [6.07, 6.45) is 4.60. The largest absolute Gasteiger partial charge is 0.493 e. The van der Waals surface area contributed by atoms with E-state index < -0.39 is 11.5 Å². The van der Waals surface area contributed by atoms with Crippen LogP contribution in [0.3, 0.4) is 0 Å². The molecule has 2 aromatic carbocycles. The van der Waals surface area contributed by atoms with E-state index in [1.165, 1.54) is 25.7 Å². The number of hydrogen-bond donors (Lipinski definition) is 3. The Morgan fingerprint density at radius 2 is 1.87 bits per heavy atom. The van der Waals surface area contributed by atoms with E-state index in [4.69, 9.17) is 14.3 Å². The van der Waals surface area contributed by atoms with Crippen LogP contribution in [-0.2, 0) is 16.1 Å². The summed E-state index contributed by atoms with van der Waals surface area (Å²) in [5.41, 5.74) is 7.80. The summed E-state index contributed by atoms with van der Waals surface area (Å²) in [5.74, 6) is 2.54. The molecule has 2 unspecified atom stereocenters. The van der Waals surface area contributed by atoms with Crippen LogP contribution < -0.4 is 20.6 Å². The van der Waals surface area contributed by atoms with Crippen molar-refractivity contribution in [1.82, 2.24) is 15.9 Å². The van der Waals surface area contributed by atoms with E-state index in [2.05, 4.69) is 11.0 Å². The molecule has 0 radical (unpaired) electrons. The molecule has 3 N–H and O–H groups in total. The number of carbonyl (C=O) groups is 1. The molecule has 1 heterocycles. The summed E-state index contributed by atoms with van der Waals surface area (Å²) in [6, 6.07) is 16.1. The van der Waals surface area contributed by atoms with Crippen molar-refractivity contribution < 1.29 is 24.2 Å². The Morgan fingerprint density at radius 3 is 2.55 bits per heavy atom. The third-order valence-electron chi connectivity index (χ3n) is 9.01. The Kier molecular flexibility index (Phi) is 8.23. The molecule has 8 nitrogen and oxygen atoms in total. The number of ether oxygens (including phenoxy) is 2. The highest BCUT2D eigenvalue weighted by Crippen LogP contribution is 2.49. The van der Waals surface area contributed by atoms with Gasteiger partial charge in [0.25, 0.3) is 0 Å². The number of aliphatic hydroxyl groups is 1. The third kappa shape index (κ3) is 5.69. The van der Waals surface area contributed by atoms with Crippen molar-refractivity contribution in [2.75, 3.05) is 26.8 Å². The van der Waals surface area contributed by atoms with Gasteiger partial charge in [0, 0.05) is 30.5 Å². The van der Waals surface area contributed by atoms with Gasteiger partial charge in [0.1, 0.15) is 6.61 Å². The number of aliphatic hydroxyl groups excluding tert-OH is 1. The van der Waals surface area contributed by atoms with Gasteiger partial charge in [0.05, 0.1) is 19.8 Å². The second kappa shape index (κ2) is 11.6. The highest BCUT2D eigenvalue weighted by molar-refractivity contribution is 5.78. The van der Waals surface area contributed by atoms with Gasteiger partial charge in [-0.2, -0.15) is 0 Å². The summed E-state index contributed by atoms with van der Waals surface area (Å²) < 4.78 is 11.3. The predicted molar refractivity (Wildman–Crippen MR) is 144 cm³/mol. The van der Waals surface area contributed by atoms with Crippen molar-refractivity contribution >= 4 is 5.91 Å². The molecule has 0 spiro atoms. The molecule has 38 heavy (non-hydrogen) atoms. The number of amides is 1. The topological polar surface area (TPSA) is 92.3 Å². The minimum atomic E-state index is -0.611. The normalized spacial score (nSPS) is 29.0. The molecule has 1 saturated heterocycles. The molecule has 1 amide bonds. The standard InChI is InChI=1S/C30H41N3O5/c1-20(34)30(2)19-33(28(35)18-37-17-21-9-5-4-6-10-21)16-25(30)22-13-14-26(36-3)27(15-22)38-32-31-29-23-11-7-8-12-24(23)29/h4-6,9-10,13-15,20,23-25,29,31-32,34H,7-8,11-12,16-19H2,1-3H3/t20-,23?,24?,25+,29?,30+/m1/s1. The van der Waals surface area contributed by atoms with Crippen LogP contribution in [0.2, 0.25) is 0 Å². The second-order valence-corrected chi connectivity index (χ2v) is 11.4. The first-order valence-electron chi connectivity index (χ1n) is 13.8. The Hall–Kier alpha value is -2.65. The SMILES string of the molecule is COc1ccc([C@@H]2CN(C(=O)COCc3ccccc3)C[C@@]2(C)[C@@H](C)O)cc1ONNC1C2CCCCC21. The third-order valence-corrected chi connectivity index (χ3v) is 9.01. The van der Waals surface area contributed by atoms with Gasteiger partial charge >= 0.3 is 0 Å². The Bertz CT molecular complexity index is 1080. The Labute approximate surface area is 225 Å². The highest BCUT2D eigenvalue weighted by Gasteiger charge is 2.51. The average molecular weight is 524 g/mol. The van der Waals surface area contributed by atoms with Gasteiger partial charge in [0.15, 0.2) is 11.5 Å². The number of benzene rings is 2. The van der Waals surface area contributed by atoms with Crippen LogP contribution in [0, 0.1) is 17.3 Å². The molecule has 2 saturated carbocycles. The number of likely N-dealkylation sites (tertiary alicyclic amines) is 1. The van der Waals surface area contributed by atoms with E-state index in [1.807, 2.05) is 60.4 Å². The molecule has 5 rings (SSSR count). The van der Waals surface area contributed by atoms with E-state index >= 15 is 0 Å². The fraction of sp³-hybridized carbons (Fsp3) is 0.567. The average Bonchev–Trinajstić information content (AvgIpc) is 3.51. The number of hydrogen-bond acceptors (Lipinski definition) is 7. The Morgan fingerprint density at radius 1 is 1.13 bits per heavy atom. The van der Waals surface area contributed by atoms with Gasteiger partial charge < -0.3 is 24.3 Å². The molecule has 2 aromatic rings. The van der Waals surface area contributed by atoms with Gasteiger partial charge in [-0.05, 0) is 54.9 Å². The van der Waals surface area contributed by atoms with Crippen LogP contribution in [0.1, 0.15) is 56.6 Å². The molecule has 3 aliphatic rings. The Balaban J connectivity index is 1.23. The number of methoxy groups -OCH3 is 1. The smallest absolute Gasteiger partial charge is 0.248 e. The molecule has 206 valence electrons. The van der Waals surface area contributed by atoms with E-state index in [1.54, 1.807) is 14.0 Å². The maximum Gasteiger partial charge on any atom is 0.248 e. The van der Waals surface area contributed by atoms with Crippen LogP contribution in [-0.4, -0.2) is 54.9 Å². The van der Waals surface area contributed by atoms with Crippen LogP contribution in [0.15, 0.2) is 48.5 Å². The highest BCUT2D eigenvalue weighted by atomic mass is 16.7. The monoisotopic (exact) mass is 523 g/mol. The first-order chi connectivity index (χ1) is 18.4. The van der Waals surface area contributed by atoms with Crippen LogP contribution in [0.4, 0.5) is 0 Å². The van der Waals surface area contributed by atoms with E-state index in [9.17, 15) is 9.90 Å². The zero-order valence-electron chi connectivity index (χ0n) is 22.7. The van der Waals surface area contributed by atoms with Crippen LogP contribution >= 0.6 is 0 Å². The fourth-order valence-corrected chi connectivity index (χ4v) is 6.38. The number of rotatable bonds is 11. The van der Waals surface area contributed by atoms with Crippen LogP contribution in [0.5, 0.6) is 11.5 Å². The minimum Gasteiger partial charge on any atom is -0.493 e. The zero-order chi connectivity index (χ0) is 26.7. The molecular weight excluding hydrogens is 482 g/mol. The molecule has 3 fully saturated rings. The van der Waals surface area contributed by atoms with Gasteiger partial charge in [-0.15, -0.1) is 0 Å². The first kappa shape index (κ1) is 26.9. The summed E-state index contributed by atoms with van der Waals surface area (Å²) in [4.78, 5) is 20.8. The summed E-state index contributed by atoms with van der Waals surface area (Å²) in [6.45, 7) is 5.19. The summed E-state index contributed by atoms with van der Waals surface area (Å²) >= 11 is 0. The quantitative estimate of drug-likeness (QED) is 0.386. The van der Waals surface area contributed by atoms with Crippen molar-refractivity contribution in [1.29, 1.82) is 0 Å². The summed E-state index contributed by atoms with van der Waals surface area (Å²) in [5, 5.41) is 10.8. The predicted octanol–water partition coefficient (Wildman–Crippen LogP) is 3.80. The fourth-order valence-electron chi connectivity index (χ4n) is 6.38. The number of hydrazine groups is 1. The molecule has 0 aromatic heterocycles. The van der Waals surface area contributed by atoms with Crippen LogP contribution in [0.25, 0.3) is 0 Å².